The number of hydrogen-bond donors (Lipinski definition) is 3. The molecule has 3 rings (SSSR count). The maximum Gasteiger partial charge on any atom is 0.417 e. The summed E-state index contributed by atoms with van der Waals surface area (Å²) in [5.74, 6) is -7.08. The summed E-state index contributed by atoms with van der Waals surface area (Å²) >= 11 is 0. The van der Waals surface area contributed by atoms with Crippen LogP contribution in [0.4, 0.5) is 27.6 Å². The van der Waals surface area contributed by atoms with Crippen molar-refractivity contribution in [1.29, 1.82) is 0 Å². The molecule has 1 unspecified atom stereocenters. The van der Waals surface area contributed by atoms with E-state index < -0.39 is 65.7 Å². The van der Waals surface area contributed by atoms with Gasteiger partial charge in [-0.15, -0.1) is 0 Å². The number of aromatic nitrogens is 1. The number of carbonyl (C=O) groups excluding carboxylic acids is 1. The Hall–Kier alpha value is -3.03. The number of aliphatic hydroxyl groups is 2. The number of pyridine rings is 1. The number of amides is 1. The Morgan fingerprint density at radius 1 is 1.31 bits per heavy atom. The third-order valence-electron chi connectivity index (χ3n) is 6.21. The number of rotatable bonds is 8. The molecule has 1 amide bonds. The molecule has 0 bridgehead atoms. The van der Waals surface area contributed by atoms with Crippen molar-refractivity contribution in [3.63, 3.8) is 0 Å². The standard InChI is InChI=1S/C23H25F5N2O6/c1-11-17(14-4-5-15(24)18(25)19(14)34-3)20(36-22(11,2)23(26,27)28)21(33)30-12-6-7-29-16(8-12)35-10-13(32)9-31/h4-8,11,13,17,20,31-32H,9-10H2,1-3H3,(H,29,30,33)/t11-,13?,17-,20+,22+/m0/s1. The van der Waals surface area contributed by atoms with E-state index in [4.69, 9.17) is 19.3 Å². The lowest BCUT2D eigenvalue weighted by molar-refractivity contribution is -0.272. The zero-order valence-electron chi connectivity index (χ0n) is 19.5. The predicted molar refractivity (Wildman–Crippen MR) is 116 cm³/mol. The highest BCUT2D eigenvalue weighted by atomic mass is 19.4. The van der Waals surface area contributed by atoms with Crippen molar-refractivity contribution in [3.05, 3.63) is 47.7 Å². The van der Waals surface area contributed by atoms with Crippen molar-refractivity contribution in [1.82, 2.24) is 4.98 Å². The molecule has 36 heavy (non-hydrogen) atoms. The van der Waals surface area contributed by atoms with E-state index in [0.29, 0.717) is 0 Å². The molecule has 13 heteroatoms. The molecule has 1 aliphatic heterocycles. The Morgan fingerprint density at radius 2 is 2.00 bits per heavy atom. The highest BCUT2D eigenvalue weighted by Crippen LogP contribution is 2.55. The van der Waals surface area contributed by atoms with E-state index >= 15 is 0 Å². The summed E-state index contributed by atoms with van der Waals surface area (Å²) in [6.07, 6.45) is -6.59. The second-order valence-corrected chi connectivity index (χ2v) is 8.46. The first kappa shape index (κ1) is 27.6. The third-order valence-corrected chi connectivity index (χ3v) is 6.21. The number of alkyl halides is 3. The molecule has 0 saturated carbocycles. The van der Waals surface area contributed by atoms with Crippen LogP contribution in [0.2, 0.25) is 0 Å². The molecule has 1 saturated heterocycles. The molecule has 1 aliphatic rings. The number of anilines is 1. The molecule has 1 aromatic heterocycles. The van der Waals surface area contributed by atoms with E-state index in [1.165, 1.54) is 25.3 Å². The molecule has 0 radical (unpaired) electrons. The first-order chi connectivity index (χ1) is 16.8. The number of ether oxygens (including phenoxy) is 3. The van der Waals surface area contributed by atoms with Gasteiger partial charge in [-0.2, -0.15) is 17.6 Å². The van der Waals surface area contributed by atoms with Gasteiger partial charge >= 0.3 is 6.18 Å². The molecule has 2 aromatic rings. The van der Waals surface area contributed by atoms with Crippen LogP contribution in [0.15, 0.2) is 30.5 Å². The van der Waals surface area contributed by atoms with Crippen LogP contribution in [0.3, 0.4) is 0 Å². The van der Waals surface area contributed by atoms with Gasteiger partial charge in [-0.3, -0.25) is 4.79 Å². The van der Waals surface area contributed by atoms with E-state index in [1.54, 1.807) is 0 Å². The third kappa shape index (κ3) is 5.22. The summed E-state index contributed by atoms with van der Waals surface area (Å²) in [5.41, 5.74) is -2.87. The van der Waals surface area contributed by atoms with Crippen molar-refractivity contribution < 1.29 is 51.2 Å². The summed E-state index contributed by atoms with van der Waals surface area (Å²) in [6.45, 7) is 1.14. The van der Waals surface area contributed by atoms with Crippen molar-refractivity contribution in [2.75, 3.05) is 25.6 Å². The number of methoxy groups -OCH3 is 1. The van der Waals surface area contributed by atoms with E-state index in [0.717, 1.165) is 26.2 Å². The molecule has 5 atom stereocenters. The van der Waals surface area contributed by atoms with Gasteiger partial charge in [-0.25, -0.2) is 9.37 Å². The lowest BCUT2D eigenvalue weighted by Crippen LogP contribution is -2.47. The topological polar surface area (TPSA) is 110 Å². The SMILES string of the molecule is COc1c([C@H]2[C@H](C(=O)Nc3ccnc(OCC(O)CO)c3)O[C@@](C)(C(F)(F)F)[C@H]2C)ccc(F)c1F. The summed E-state index contributed by atoms with van der Waals surface area (Å²) in [6, 6.07) is 4.39. The fraction of sp³-hybridized carbons (Fsp3) is 0.478. The van der Waals surface area contributed by atoms with E-state index in [9.17, 15) is 31.9 Å². The molecule has 2 heterocycles. The maximum atomic E-state index is 14.4. The van der Waals surface area contributed by atoms with Crippen LogP contribution in [0, 0.1) is 17.6 Å². The number of carbonyl (C=O) groups is 1. The van der Waals surface area contributed by atoms with Gasteiger partial charge in [0.2, 0.25) is 11.7 Å². The maximum absolute atomic E-state index is 14.4. The fourth-order valence-corrected chi connectivity index (χ4v) is 4.05. The largest absolute Gasteiger partial charge is 0.493 e. The quantitative estimate of drug-likeness (QED) is 0.459. The van der Waals surface area contributed by atoms with Gasteiger partial charge < -0.3 is 29.7 Å². The van der Waals surface area contributed by atoms with Crippen LogP contribution >= 0.6 is 0 Å². The van der Waals surface area contributed by atoms with Gasteiger partial charge in [0.15, 0.2) is 17.2 Å². The van der Waals surface area contributed by atoms with Crippen LogP contribution in [-0.4, -0.2) is 65.4 Å². The molecule has 1 aromatic carbocycles. The van der Waals surface area contributed by atoms with Crippen LogP contribution in [0.5, 0.6) is 11.6 Å². The van der Waals surface area contributed by atoms with Gasteiger partial charge in [0.05, 0.1) is 13.7 Å². The monoisotopic (exact) mass is 520 g/mol. The summed E-state index contributed by atoms with van der Waals surface area (Å²) in [5, 5.41) is 20.7. The molecule has 0 aliphatic carbocycles. The summed E-state index contributed by atoms with van der Waals surface area (Å²) < 4.78 is 85.7. The van der Waals surface area contributed by atoms with Crippen molar-refractivity contribution in [2.45, 2.75) is 43.8 Å². The zero-order chi connectivity index (χ0) is 26.8. The molecule has 0 spiro atoms. The normalized spacial score (nSPS) is 24.9. The van der Waals surface area contributed by atoms with Gasteiger partial charge in [0.25, 0.3) is 5.91 Å². The van der Waals surface area contributed by atoms with Gasteiger partial charge in [-0.1, -0.05) is 13.0 Å². The molecule has 3 N–H and O–H groups in total. The Kier molecular flexibility index (Phi) is 8.06. The van der Waals surface area contributed by atoms with E-state index in [1.807, 2.05) is 0 Å². The van der Waals surface area contributed by atoms with Crippen molar-refractivity contribution in [3.8, 4) is 11.6 Å². The van der Waals surface area contributed by atoms with E-state index in [-0.39, 0.29) is 23.7 Å². The fourth-order valence-electron chi connectivity index (χ4n) is 4.05. The van der Waals surface area contributed by atoms with Gasteiger partial charge in [0.1, 0.15) is 18.8 Å². The minimum Gasteiger partial charge on any atom is -0.493 e. The first-order valence-corrected chi connectivity index (χ1v) is 10.8. The lowest BCUT2D eigenvalue weighted by atomic mass is 9.77. The van der Waals surface area contributed by atoms with Gasteiger partial charge in [-0.05, 0) is 19.1 Å². The molecular formula is C23H25F5N2O6. The Labute approximate surface area is 203 Å². The van der Waals surface area contributed by atoms with Crippen molar-refractivity contribution >= 4 is 11.6 Å². The molecule has 8 nitrogen and oxygen atoms in total. The van der Waals surface area contributed by atoms with Crippen LogP contribution in [0.25, 0.3) is 0 Å². The summed E-state index contributed by atoms with van der Waals surface area (Å²) in [7, 11) is 1.03. The first-order valence-electron chi connectivity index (χ1n) is 10.8. The number of hydrogen-bond acceptors (Lipinski definition) is 7. The second kappa shape index (κ2) is 10.5. The highest BCUT2D eigenvalue weighted by molar-refractivity contribution is 5.95. The average Bonchev–Trinajstić information content (AvgIpc) is 3.11. The molecular weight excluding hydrogens is 495 g/mol. The second-order valence-electron chi connectivity index (χ2n) is 8.46. The Bertz CT molecular complexity index is 1100. The smallest absolute Gasteiger partial charge is 0.417 e. The number of aliphatic hydroxyl groups excluding tert-OH is 2. The zero-order valence-corrected chi connectivity index (χ0v) is 19.5. The number of nitrogens with zero attached hydrogens (tertiary/aromatic N) is 1. The molecule has 198 valence electrons. The van der Waals surface area contributed by atoms with Crippen LogP contribution in [-0.2, 0) is 9.53 Å². The van der Waals surface area contributed by atoms with Crippen molar-refractivity contribution in [2.24, 2.45) is 5.92 Å². The minimum atomic E-state index is -4.89. The van der Waals surface area contributed by atoms with Crippen LogP contribution < -0.4 is 14.8 Å². The lowest BCUT2D eigenvalue weighted by Gasteiger charge is -2.32. The number of benzene rings is 1. The Balaban J connectivity index is 1.96. The van der Waals surface area contributed by atoms with E-state index in [2.05, 4.69) is 10.3 Å². The van der Waals surface area contributed by atoms with Gasteiger partial charge in [0, 0.05) is 35.3 Å². The highest BCUT2D eigenvalue weighted by Gasteiger charge is 2.65. The van der Waals surface area contributed by atoms with Crippen LogP contribution in [0.1, 0.15) is 25.3 Å². The average molecular weight is 520 g/mol. The number of halogens is 5. The minimum absolute atomic E-state index is 0.0417. The predicted octanol–water partition coefficient (Wildman–Crippen LogP) is 3.18. The summed E-state index contributed by atoms with van der Waals surface area (Å²) in [4.78, 5) is 17.1. The Morgan fingerprint density at radius 3 is 2.61 bits per heavy atom. The number of nitrogens with one attached hydrogen (secondary N) is 1. The molecule has 1 fully saturated rings.